The summed E-state index contributed by atoms with van der Waals surface area (Å²) in [4.78, 5) is 26.7. The summed E-state index contributed by atoms with van der Waals surface area (Å²) in [6.07, 6.45) is 2.04. The molecule has 7 atom stereocenters. The number of aliphatic hydroxyl groups is 1. The molecule has 0 bridgehead atoms. The monoisotopic (exact) mass is 548 g/mol. The molecule has 8 heteroatoms. The van der Waals surface area contributed by atoms with Crippen LogP contribution in [-0.4, -0.2) is 44.1 Å². The number of carbonyl (C=O) groups is 2. The number of ketones is 1. The van der Waals surface area contributed by atoms with Crippen LogP contribution in [0.15, 0.2) is 41.8 Å². The number of carbonyl (C=O) groups excluding carboxylic acids is 2. The molecule has 2 saturated carbocycles. The maximum Gasteiger partial charge on any atom is 0.333 e. The topological polar surface area (TPSA) is 107 Å². The van der Waals surface area contributed by atoms with E-state index in [4.69, 9.17) is 8.92 Å². The fourth-order valence-corrected chi connectivity index (χ4v) is 8.13. The van der Waals surface area contributed by atoms with Crippen molar-refractivity contribution in [3.8, 4) is 0 Å². The summed E-state index contributed by atoms with van der Waals surface area (Å²) in [7, 11) is -4.16. The van der Waals surface area contributed by atoms with Gasteiger partial charge in [0, 0.05) is 23.2 Å². The van der Waals surface area contributed by atoms with E-state index in [1.54, 1.807) is 18.2 Å². The third kappa shape index (κ3) is 5.11. The molecular weight excluding hydrogens is 504 g/mol. The molecule has 38 heavy (non-hydrogen) atoms. The van der Waals surface area contributed by atoms with Crippen molar-refractivity contribution >= 4 is 21.9 Å². The van der Waals surface area contributed by atoms with Crippen molar-refractivity contribution in [2.75, 3.05) is 6.61 Å². The number of benzene rings is 1. The number of aliphatic hydroxyl groups excluding tert-OH is 1. The van der Waals surface area contributed by atoms with Crippen LogP contribution < -0.4 is 0 Å². The van der Waals surface area contributed by atoms with E-state index < -0.39 is 57.1 Å². The van der Waals surface area contributed by atoms with Gasteiger partial charge in [0.1, 0.15) is 11.9 Å². The van der Waals surface area contributed by atoms with Crippen molar-refractivity contribution in [3.63, 3.8) is 0 Å². The summed E-state index contributed by atoms with van der Waals surface area (Å²) in [5.74, 6) is -1.35. The van der Waals surface area contributed by atoms with Gasteiger partial charge in [-0.05, 0) is 55.6 Å². The van der Waals surface area contributed by atoms with E-state index in [1.807, 2.05) is 41.5 Å². The van der Waals surface area contributed by atoms with E-state index in [-0.39, 0.29) is 28.9 Å². The Balaban J connectivity index is 2.00. The molecule has 7 nitrogen and oxygen atoms in total. The Bertz CT molecular complexity index is 1160. The molecule has 1 N–H and O–H groups in total. The van der Waals surface area contributed by atoms with Crippen LogP contribution in [0.2, 0.25) is 0 Å². The van der Waals surface area contributed by atoms with Gasteiger partial charge < -0.3 is 9.84 Å². The second kappa shape index (κ2) is 10.9. The SMILES string of the molecule is C=C[C@@]1(C)C[C@@H](OC(=O)COS(=O)(=O)c2ccc(C)cc2)[C@](CC)(C(C)C)[C@@H]2C(=O)CC[C@@]2(C)[C@@H](C)[C@@H]1O. The third-order valence-electron chi connectivity index (χ3n) is 9.91. The average molecular weight is 549 g/mol. The Morgan fingerprint density at radius 3 is 2.37 bits per heavy atom. The van der Waals surface area contributed by atoms with Gasteiger partial charge in [0.15, 0.2) is 6.61 Å². The van der Waals surface area contributed by atoms with Gasteiger partial charge in [0.05, 0.1) is 11.0 Å². The lowest BCUT2D eigenvalue weighted by Gasteiger charge is -2.58. The molecule has 0 spiro atoms. The third-order valence-corrected chi connectivity index (χ3v) is 11.2. The van der Waals surface area contributed by atoms with Crippen LogP contribution in [-0.2, 0) is 28.6 Å². The predicted octanol–water partition coefficient (Wildman–Crippen LogP) is 5.24. The van der Waals surface area contributed by atoms with Crippen LogP contribution in [0, 0.1) is 40.9 Å². The van der Waals surface area contributed by atoms with E-state index in [1.165, 1.54) is 12.1 Å². The van der Waals surface area contributed by atoms with Crippen LogP contribution >= 0.6 is 0 Å². The second-order valence-electron chi connectivity index (χ2n) is 12.2. The van der Waals surface area contributed by atoms with Gasteiger partial charge in [0.2, 0.25) is 0 Å². The van der Waals surface area contributed by atoms with Crippen molar-refractivity contribution in [3.05, 3.63) is 42.5 Å². The Kier molecular flexibility index (Phi) is 8.72. The molecule has 1 aromatic rings. The quantitative estimate of drug-likeness (QED) is 0.269. The van der Waals surface area contributed by atoms with Crippen molar-refractivity contribution in [1.29, 1.82) is 0 Å². The average Bonchev–Trinajstić information content (AvgIpc) is 3.17. The molecule has 0 heterocycles. The smallest absolute Gasteiger partial charge is 0.333 e. The lowest BCUT2D eigenvalue weighted by molar-refractivity contribution is -0.195. The Morgan fingerprint density at radius 2 is 1.84 bits per heavy atom. The summed E-state index contributed by atoms with van der Waals surface area (Å²) >= 11 is 0. The number of aryl methyl sites for hydroxylation is 1. The first-order valence-electron chi connectivity index (χ1n) is 13.6. The minimum Gasteiger partial charge on any atom is -0.460 e. The first-order chi connectivity index (χ1) is 17.6. The molecule has 2 aliphatic rings. The zero-order valence-electron chi connectivity index (χ0n) is 23.8. The molecule has 212 valence electrons. The van der Waals surface area contributed by atoms with Gasteiger partial charge in [-0.2, -0.15) is 8.42 Å². The fraction of sp³-hybridized carbons (Fsp3) is 0.667. The number of hydrogen-bond acceptors (Lipinski definition) is 7. The number of Topliss-reactive ketones (excluding diaryl/α,β-unsaturated/α-hetero) is 1. The van der Waals surface area contributed by atoms with E-state index in [2.05, 4.69) is 13.5 Å². The van der Waals surface area contributed by atoms with Crippen molar-refractivity contribution in [2.45, 2.75) is 91.3 Å². The highest BCUT2D eigenvalue weighted by Crippen LogP contribution is 2.63. The molecule has 0 radical (unpaired) electrons. The van der Waals surface area contributed by atoms with Gasteiger partial charge in [-0.15, -0.1) is 6.58 Å². The van der Waals surface area contributed by atoms with E-state index in [9.17, 15) is 23.1 Å². The van der Waals surface area contributed by atoms with Gasteiger partial charge >= 0.3 is 5.97 Å². The number of ether oxygens (including phenoxy) is 1. The van der Waals surface area contributed by atoms with Crippen LogP contribution in [0.1, 0.15) is 72.8 Å². The second-order valence-corrected chi connectivity index (χ2v) is 13.8. The highest BCUT2D eigenvalue weighted by molar-refractivity contribution is 7.86. The number of hydrogen-bond donors (Lipinski definition) is 1. The lowest BCUT2D eigenvalue weighted by atomic mass is 9.48. The van der Waals surface area contributed by atoms with Gasteiger partial charge in [-0.3, -0.25) is 8.98 Å². The summed E-state index contributed by atoms with van der Waals surface area (Å²) < 4.78 is 36.5. The minimum absolute atomic E-state index is 0.0367. The number of esters is 1. The molecule has 2 aliphatic carbocycles. The van der Waals surface area contributed by atoms with Crippen LogP contribution in [0.3, 0.4) is 0 Å². The first kappa shape index (κ1) is 30.5. The summed E-state index contributed by atoms with van der Waals surface area (Å²) in [6, 6.07) is 6.16. The molecule has 3 rings (SSSR count). The van der Waals surface area contributed by atoms with Crippen LogP contribution in [0.25, 0.3) is 0 Å². The summed E-state index contributed by atoms with van der Waals surface area (Å²) in [5, 5.41) is 11.6. The molecule has 0 aromatic heterocycles. The largest absolute Gasteiger partial charge is 0.460 e. The molecular formula is C30H44O7S. The van der Waals surface area contributed by atoms with Crippen molar-refractivity contribution < 1.29 is 32.0 Å². The van der Waals surface area contributed by atoms with Crippen LogP contribution in [0.5, 0.6) is 0 Å². The minimum atomic E-state index is -4.16. The normalized spacial score (nSPS) is 35.9. The maximum absolute atomic E-state index is 13.6. The molecule has 2 fully saturated rings. The zero-order chi connectivity index (χ0) is 28.7. The highest BCUT2D eigenvalue weighted by atomic mass is 32.2. The molecule has 0 unspecified atom stereocenters. The summed E-state index contributed by atoms with van der Waals surface area (Å²) in [5.41, 5.74) is -1.12. The maximum atomic E-state index is 13.6. The Labute approximate surface area is 228 Å². The lowest BCUT2D eigenvalue weighted by Crippen LogP contribution is -2.60. The van der Waals surface area contributed by atoms with Crippen molar-refractivity contribution in [1.82, 2.24) is 0 Å². The molecule has 0 saturated heterocycles. The standard InChI is InChI=1S/C30H44O7S/c1-9-28(7)17-24(37-25(32)18-36-38(34,35)22-13-11-20(5)12-14-22)30(10-2,19(3)4)26-23(31)15-16-29(26,8)21(6)27(28)33/h9,11-14,19,21,24,26-27,33H,1,10,15-18H2,2-8H3/t21-,24+,26+,27-,28-,29-,30-/m0/s1. The van der Waals surface area contributed by atoms with E-state index >= 15 is 0 Å². The van der Waals surface area contributed by atoms with E-state index in [0.29, 0.717) is 19.3 Å². The first-order valence-corrected chi connectivity index (χ1v) is 15.0. The fourth-order valence-electron chi connectivity index (χ4n) is 7.27. The number of rotatable bonds is 8. The predicted molar refractivity (Wildman–Crippen MR) is 146 cm³/mol. The number of fused-ring (bicyclic) bond motifs is 1. The molecule has 1 aromatic carbocycles. The van der Waals surface area contributed by atoms with Gasteiger partial charge in [-0.25, -0.2) is 4.79 Å². The molecule has 0 aliphatic heterocycles. The Morgan fingerprint density at radius 1 is 1.24 bits per heavy atom. The van der Waals surface area contributed by atoms with Crippen molar-refractivity contribution in [2.24, 2.45) is 34.0 Å². The van der Waals surface area contributed by atoms with E-state index in [0.717, 1.165) is 5.56 Å². The zero-order valence-corrected chi connectivity index (χ0v) is 24.6. The van der Waals surface area contributed by atoms with Gasteiger partial charge in [-0.1, -0.05) is 65.3 Å². The van der Waals surface area contributed by atoms with Crippen LogP contribution in [0.4, 0.5) is 0 Å². The van der Waals surface area contributed by atoms with Gasteiger partial charge in [0.25, 0.3) is 10.1 Å². The highest BCUT2D eigenvalue weighted by Gasteiger charge is 2.65. The molecule has 0 amide bonds. The Hall–Kier alpha value is -2.03. The summed E-state index contributed by atoms with van der Waals surface area (Å²) in [6.45, 7) is 17.2.